The summed E-state index contributed by atoms with van der Waals surface area (Å²) in [6.07, 6.45) is 0.328. The van der Waals surface area contributed by atoms with Crippen LogP contribution in [0, 0.1) is 11.3 Å². The molecule has 0 N–H and O–H groups in total. The molecule has 0 aromatic rings. The molecule has 0 bridgehead atoms. The second-order valence-corrected chi connectivity index (χ2v) is 8.59. The number of halogens is 1. The van der Waals surface area contributed by atoms with E-state index >= 15 is 0 Å². The fourth-order valence-electron chi connectivity index (χ4n) is 3.06. The Labute approximate surface area is 138 Å². The van der Waals surface area contributed by atoms with E-state index in [1.54, 1.807) is 25.7 Å². The van der Waals surface area contributed by atoms with Crippen molar-refractivity contribution in [3.8, 4) is 0 Å². The zero-order valence-electron chi connectivity index (χ0n) is 15.1. The maximum absolute atomic E-state index is 14.8. The van der Waals surface area contributed by atoms with Crippen LogP contribution in [0.2, 0.25) is 0 Å². The first-order valence-electron chi connectivity index (χ1n) is 8.33. The standard InChI is InChI=1S/C17H29FN2O3/c1-12(2)16(6)7-8-19(9-16)13(21)17(18)10-20(11-17)14(22)23-15(3,4)5/h12H,7-11H2,1-6H3/t16-/m0/s1. The third-order valence-corrected chi connectivity index (χ3v) is 5.10. The van der Waals surface area contributed by atoms with Crippen LogP contribution in [0.3, 0.4) is 0 Å². The van der Waals surface area contributed by atoms with Gasteiger partial charge in [-0.15, -0.1) is 0 Å². The number of nitrogens with zero attached hydrogens (tertiary/aromatic N) is 2. The highest BCUT2D eigenvalue weighted by Gasteiger charge is 2.56. The fraction of sp³-hybridized carbons (Fsp3) is 0.882. The molecule has 2 aliphatic heterocycles. The lowest BCUT2D eigenvalue weighted by Gasteiger charge is -2.44. The summed E-state index contributed by atoms with van der Waals surface area (Å²) < 4.78 is 20.0. The lowest BCUT2D eigenvalue weighted by molar-refractivity contribution is -0.154. The van der Waals surface area contributed by atoms with Crippen LogP contribution < -0.4 is 0 Å². The van der Waals surface area contributed by atoms with Crippen molar-refractivity contribution in [1.29, 1.82) is 0 Å². The Morgan fingerprint density at radius 1 is 1.13 bits per heavy atom. The van der Waals surface area contributed by atoms with Gasteiger partial charge >= 0.3 is 6.09 Å². The maximum atomic E-state index is 14.8. The van der Waals surface area contributed by atoms with Gasteiger partial charge in [0.15, 0.2) is 0 Å². The Balaban J connectivity index is 1.92. The van der Waals surface area contributed by atoms with Crippen LogP contribution in [0.15, 0.2) is 0 Å². The van der Waals surface area contributed by atoms with Crippen LogP contribution in [-0.4, -0.2) is 59.2 Å². The Morgan fingerprint density at radius 2 is 1.70 bits per heavy atom. The second-order valence-electron chi connectivity index (χ2n) is 8.59. The molecule has 2 heterocycles. The zero-order valence-corrected chi connectivity index (χ0v) is 15.1. The quantitative estimate of drug-likeness (QED) is 0.783. The largest absolute Gasteiger partial charge is 0.444 e. The van der Waals surface area contributed by atoms with Crippen LogP contribution in [0.4, 0.5) is 9.18 Å². The van der Waals surface area contributed by atoms with Crippen LogP contribution >= 0.6 is 0 Å². The number of amides is 2. The molecule has 1 atom stereocenters. The molecule has 0 aromatic heterocycles. The molecule has 23 heavy (non-hydrogen) atoms. The molecule has 2 fully saturated rings. The Morgan fingerprint density at radius 3 is 2.13 bits per heavy atom. The molecule has 0 aromatic carbocycles. The van der Waals surface area contributed by atoms with Crippen molar-refractivity contribution >= 4 is 12.0 Å². The zero-order chi connectivity index (χ0) is 17.6. The van der Waals surface area contributed by atoms with Gasteiger partial charge in [-0.25, -0.2) is 9.18 Å². The number of ether oxygens (including phenoxy) is 1. The first-order valence-corrected chi connectivity index (χ1v) is 8.33. The minimum Gasteiger partial charge on any atom is -0.444 e. The first-order chi connectivity index (χ1) is 10.4. The van der Waals surface area contributed by atoms with E-state index in [1.165, 1.54) is 4.90 Å². The molecular weight excluding hydrogens is 299 g/mol. The Kier molecular flexibility index (Phi) is 4.41. The number of likely N-dealkylation sites (tertiary alicyclic amines) is 2. The summed E-state index contributed by atoms with van der Waals surface area (Å²) in [6.45, 7) is 12.4. The summed E-state index contributed by atoms with van der Waals surface area (Å²) in [7, 11) is 0. The summed E-state index contributed by atoms with van der Waals surface area (Å²) in [5.74, 6) is -0.0443. The summed E-state index contributed by atoms with van der Waals surface area (Å²) in [5, 5.41) is 0. The van der Waals surface area contributed by atoms with Gasteiger partial charge in [-0.1, -0.05) is 20.8 Å². The predicted molar refractivity (Wildman–Crippen MR) is 85.8 cm³/mol. The first kappa shape index (κ1) is 18.0. The van der Waals surface area contributed by atoms with Gasteiger partial charge in [0.2, 0.25) is 5.67 Å². The van der Waals surface area contributed by atoms with Gasteiger partial charge in [-0.2, -0.15) is 0 Å². The van der Waals surface area contributed by atoms with E-state index < -0.39 is 23.3 Å². The topological polar surface area (TPSA) is 49.9 Å². The number of hydrogen-bond acceptors (Lipinski definition) is 3. The van der Waals surface area contributed by atoms with E-state index in [0.717, 1.165) is 6.42 Å². The number of alkyl halides is 1. The maximum Gasteiger partial charge on any atom is 0.410 e. The van der Waals surface area contributed by atoms with Crippen molar-refractivity contribution in [2.24, 2.45) is 11.3 Å². The SMILES string of the molecule is CC(C)[C@@]1(C)CCN(C(=O)C2(F)CN(C(=O)OC(C)(C)C)C2)C1. The van der Waals surface area contributed by atoms with Crippen LogP contribution in [0.25, 0.3) is 0 Å². The third-order valence-electron chi connectivity index (χ3n) is 5.10. The van der Waals surface area contributed by atoms with Gasteiger partial charge in [-0.05, 0) is 38.5 Å². The average molecular weight is 328 g/mol. The third kappa shape index (κ3) is 3.61. The lowest BCUT2D eigenvalue weighted by Crippen LogP contribution is -2.68. The molecular formula is C17H29FN2O3. The summed E-state index contributed by atoms with van der Waals surface area (Å²) in [6, 6.07) is 0. The average Bonchev–Trinajstić information content (AvgIpc) is 2.76. The second kappa shape index (κ2) is 5.64. The van der Waals surface area contributed by atoms with Gasteiger partial charge in [0, 0.05) is 13.1 Å². The van der Waals surface area contributed by atoms with Crippen molar-refractivity contribution in [3.63, 3.8) is 0 Å². The molecule has 0 unspecified atom stereocenters. The summed E-state index contributed by atoms with van der Waals surface area (Å²) >= 11 is 0. The van der Waals surface area contributed by atoms with E-state index in [4.69, 9.17) is 4.74 Å². The van der Waals surface area contributed by atoms with Crippen molar-refractivity contribution in [3.05, 3.63) is 0 Å². The predicted octanol–water partition coefficient (Wildman–Crippen LogP) is 2.84. The van der Waals surface area contributed by atoms with Crippen LogP contribution in [0.5, 0.6) is 0 Å². The molecule has 6 heteroatoms. The highest BCUT2D eigenvalue weighted by molar-refractivity contribution is 5.89. The normalized spacial score (nSPS) is 27.1. The van der Waals surface area contributed by atoms with Gasteiger partial charge in [0.25, 0.3) is 5.91 Å². The van der Waals surface area contributed by atoms with Crippen molar-refractivity contribution in [1.82, 2.24) is 9.80 Å². The van der Waals surface area contributed by atoms with Gasteiger partial charge < -0.3 is 14.5 Å². The molecule has 0 aliphatic carbocycles. The molecule has 0 spiro atoms. The molecule has 5 nitrogen and oxygen atoms in total. The van der Waals surface area contributed by atoms with E-state index in [0.29, 0.717) is 19.0 Å². The van der Waals surface area contributed by atoms with Crippen LogP contribution in [0.1, 0.15) is 48.0 Å². The minimum absolute atomic E-state index is 0.0423. The Hall–Kier alpha value is -1.33. The van der Waals surface area contributed by atoms with E-state index in [9.17, 15) is 14.0 Å². The van der Waals surface area contributed by atoms with E-state index in [2.05, 4.69) is 20.8 Å². The lowest BCUT2D eigenvalue weighted by atomic mass is 9.78. The van der Waals surface area contributed by atoms with Gasteiger partial charge in [0.1, 0.15) is 5.60 Å². The van der Waals surface area contributed by atoms with Crippen molar-refractivity contribution in [2.75, 3.05) is 26.2 Å². The van der Waals surface area contributed by atoms with Crippen molar-refractivity contribution in [2.45, 2.75) is 59.2 Å². The molecule has 2 aliphatic rings. The number of hydrogen-bond donors (Lipinski definition) is 0. The monoisotopic (exact) mass is 328 g/mol. The van der Waals surface area contributed by atoms with Crippen molar-refractivity contribution < 1.29 is 18.7 Å². The molecule has 2 amide bonds. The summed E-state index contributed by atoms with van der Waals surface area (Å²) in [4.78, 5) is 27.2. The minimum atomic E-state index is -1.96. The number of carbonyl (C=O) groups is 2. The number of carbonyl (C=O) groups excluding carboxylic acids is 2. The molecule has 2 saturated heterocycles. The fourth-order valence-corrected chi connectivity index (χ4v) is 3.06. The molecule has 0 saturated carbocycles. The smallest absolute Gasteiger partial charge is 0.410 e. The molecule has 132 valence electrons. The van der Waals surface area contributed by atoms with Crippen LogP contribution in [-0.2, 0) is 9.53 Å². The van der Waals surface area contributed by atoms with E-state index in [1.807, 2.05) is 0 Å². The van der Waals surface area contributed by atoms with Gasteiger partial charge in [-0.3, -0.25) is 4.79 Å². The number of rotatable bonds is 2. The molecule has 2 rings (SSSR count). The highest BCUT2D eigenvalue weighted by atomic mass is 19.1. The summed E-state index contributed by atoms with van der Waals surface area (Å²) in [5.41, 5.74) is -2.54. The highest BCUT2D eigenvalue weighted by Crippen LogP contribution is 2.39. The van der Waals surface area contributed by atoms with E-state index in [-0.39, 0.29) is 18.5 Å². The van der Waals surface area contributed by atoms with Gasteiger partial charge in [0.05, 0.1) is 13.1 Å². The Bertz CT molecular complexity index is 495. The molecule has 0 radical (unpaired) electrons.